The highest BCUT2D eigenvalue weighted by Crippen LogP contribution is 2.26. The first kappa shape index (κ1) is 21.2. The smallest absolute Gasteiger partial charge is 0.225 e. The van der Waals surface area contributed by atoms with Crippen LogP contribution in [-0.4, -0.2) is 55.0 Å². The second-order valence-corrected chi connectivity index (χ2v) is 9.15. The van der Waals surface area contributed by atoms with Crippen LogP contribution in [0.3, 0.4) is 0 Å². The Hall–Kier alpha value is -2.04. The maximum Gasteiger partial charge on any atom is 0.225 e. The molecule has 2 fully saturated rings. The Morgan fingerprint density at radius 3 is 2.37 bits per heavy atom. The normalized spacial score (nSPS) is 18.6. The first-order chi connectivity index (χ1) is 14.5. The number of aryl methyl sites for hydroxylation is 1. The molecule has 2 aliphatic heterocycles. The lowest BCUT2D eigenvalue weighted by atomic mass is 9.94. The molecule has 0 saturated carbocycles. The molecule has 2 aliphatic rings. The SMILES string of the molecule is Cc1cccc(N2CCN(C(=O)C3CCN(Cc4cccc(Cl)c4)CC3)CC2)c1C. The molecule has 0 atom stereocenters. The molecule has 5 heteroatoms. The highest BCUT2D eigenvalue weighted by molar-refractivity contribution is 6.30. The number of anilines is 1. The molecule has 4 nitrogen and oxygen atoms in total. The number of likely N-dealkylation sites (tertiary alicyclic amines) is 1. The molecule has 0 N–H and O–H groups in total. The van der Waals surface area contributed by atoms with E-state index in [1.165, 1.54) is 22.4 Å². The lowest BCUT2D eigenvalue weighted by molar-refractivity contribution is -0.137. The molecule has 2 aromatic carbocycles. The standard InChI is InChI=1S/C25H32ClN3O/c1-19-5-3-8-24(20(19)2)28-13-15-29(16-14-28)25(30)22-9-11-27(12-10-22)18-21-6-4-7-23(26)17-21/h3-8,17,22H,9-16,18H2,1-2H3. The predicted octanol–water partition coefficient (Wildman–Crippen LogP) is 4.52. The Labute approximate surface area is 185 Å². The summed E-state index contributed by atoms with van der Waals surface area (Å²) >= 11 is 6.11. The van der Waals surface area contributed by atoms with E-state index in [1.807, 2.05) is 18.2 Å². The van der Waals surface area contributed by atoms with Crippen LogP contribution in [0.2, 0.25) is 5.02 Å². The minimum Gasteiger partial charge on any atom is -0.368 e. The Balaban J connectivity index is 1.26. The Bertz CT molecular complexity index is 884. The number of hydrogen-bond acceptors (Lipinski definition) is 3. The van der Waals surface area contributed by atoms with E-state index in [-0.39, 0.29) is 5.92 Å². The zero-order valence-corrected chi connectivity index (χ0v) is 18.9. The van der Waals surface area contributed by atoms with Crippen LogP contribution in [0.1, 0.15) is 29.5 Å². The lowest BCUT2D eigenvalue weighted by Gasteiger charge is -2.40. The summed E-state index contributed by atoms with van der Waals surface area (Å²) in [5.41, 5.74) is 5.24. The van der Waals surface area contributed by atoms with E-state index in [0.717, 1.165) is 63.7 Å². The molecule has 0 spiro atoms. The van der Waals surface area contributed by atoms with Gasteiger partial charge in [0.25, 0.3) is 0 Å². The van der Waals surface area contributed by atoms with Crippen molar-refractivity contribution in [1.29, 1.82) is 0 Å². The minimum atomic E-state index is 0.174. The first-order valence-corrected chi connectivity index (χ1v) is 11.5. The summed E-state index contributed by atoms with van der Waals surface area (Å²) in [5.74, 6) is 0.533. The number of amides is 1. The highest BCUT2D eigenvalue weighted by Gasteiger charge is 2.30. The van der Waals surface area contributed by atoms with Crippen molar-refractivity contribution in [2.75, 3.05) is 44.2 Å². The molecule has 0 radical (unpaired) electrons. The number of benzene rings is 2. The largest absolute Gasteiger partial charge is 0.368 e. The summed E-state index contributed by atoms with van der Waals surface area (Å²) in [6.45, 7) is 10.7. The van der Waals surface area contributed by atoms with Gasteiger partial charge in [0.2, 0.25) is 5.91 Å². The van der Waals surface area contributed by atoms with Crippen LogP contribution >= 0.6 is 11.6 Å². The van der Waals surface area contributed by atoms with E-state index in [0.29, 0.717) is 5.91 Å². The molecule has 0 aliphatic carbocycles. The third-order valence-electron chi connectivity index (χ3n) is 6.74. The Morgan fingerprint density at radius 2 is 1.67 bits per heavy atom. The molecule has 0 bridgehead atoms. The van der Waals surface area contributed by atoms with Gasteiger partial charge in [0.05, 0.1) is 0 Å². The van der Waals surface area contributed by atoms with Crippen molar-refractivity contribution in [3.05, 3.63) is 64.2 Å². The highest BCUT2D eigenvalue weighted by atomic mass is 35.5. The third-order valence-corrected chi connectivity index (χ3v) is 6.98. The molecule has 0 aromatic heterocycles. The van der Waals surface area contributed by atoms with Crippen molar-refractivity contribution in [2.24, 2.45) is 5.92 Å². The van der Waals surface area contributed by atoms with Crippen LogP contribution in [0.5, 0.6) is 0 Å². The van der Waals surface area contributed by atoms with Crippen molar-refractivity contribution < 1.29 is 4.79 Å². The van der Waals surface area contributed by atoms with Crippen LogP contribution < -0.4 is 4.90 Å². The van der Waals surface area contributed by atoms with Crippen LogP contribution in [0, 0.1) is 19.8 Å². The Morgan fingerprint density at radius 1 is 0.967 bits per heavy atom. The molecule has 160 valence electrons. The van der Waals surface area contributed by atoms with Gasteiger partial charge in [-0.15, -0.1) is 0 Å². The first-order valence-electron chi connectivity index (χ1n) is 11.1. The summed E-state index contributed by atoms with van der Waals surface area (Å²) in [7, 11) is 0. The summed E-state index contributed by atoms with van der Waals surface area (Å²) in [6.07, 6.45) is 1.91. The quantitative estimate of drug-likeness (QED) is 0.720. The number of hydrogen-bond donors (Lipinski definition) is 0. The second kappa shape index (κ2) is 9.40. The third kappa shape index (κ3) is 4.81. The fourth-order valence-electron chi connectivity index (χ4n) is 4.74. The lowest BCUT2D eigenvalue weighted by Crippen LogP contribution is -2.51. The number of halogens is 1. The van der Waals surface area contributed by atoms with E-state index in [1.54, 1.807) is 0 Å². The predicted molar refractivity (Wildman–Crippen MR) is 124 cm³/mol. The fourth-order valence-corrected chi connectivity index (χ4v) is 4.95. The molecule has 2 saturated heterocycles. The average molecular weight is 426 g/mol. The van der Waals surface area contributed by atoms with E-state index >= 15 is 0 Å². The Kier molecular flexibility index (Phi) is 6.64. The molecule has 2 aromatic rings. The van der Waals surface area contributed by atoms with Gasteiger partial charge in [-0.1, -0.05) is 35.9 Å². The minimum absolute atomic E-state index is 0.174. The zero-order valence-electron chi connectivity index (χ0n) is 18.1. The monoisotopic (exact) mass is 425 g/mol. The van der Waals surface area contributed by atoms with Gasteiger partial charge in [-0.05, 0) is 74.7 Å². The van der Waals surface area contributed by atoms with Crippen LogP contribution in [-0.2, 0) is 11.3 Å². The van der Waals surface area contributed by atoms with Gasteiger partial charge in [-0.3, -0.25) is 9.69 Å². The number of piperidine rings is 1. The molecule has 0 unspecified atom stereocenters. The van der Waals surface area contributed by atoms with Crippen molar-refractivity contribution in [3.63, 3.8) is 0 Å². The van der Waals surface area contributed by atoms with Gasteiger partial charge in [-0.25, -0.2) is 0 Å². The van der Waals surface area contributed by atoms with Crippen LogP contribution in [0.25, 0.3) is 0 Å². The number of piperazine rings is 1. The van der Waals surface area contributed by atoms with Crippen molar-refractivity contribution >= 4 is 23.2 Å². The van der Waals surface area contributed by atoms with Gasteiger partial charge in [0.15, 0.2) is 0 Å². The van der Waals surface area contributed by atoms with Gasteiger partial charge in [0.1, 0.15) is 0 Å². The molecular weight excluding hydrogens is 394 g/mol. The van der Waals surface area contributed by atoms with Crippen LogP contribution in [0.15, 0.2) is 42.5 Å². The second-order valence-electron chi connectivity index (χ2n) is 8.71. The van der Waals surface area contributed by atoms with Gasteiger partial charge < -0.3 is 9.80 Å². The molecule has 30 heavy (non-hydrogen) atoms. The van der Waals surface area contributed by atoms with Gasteiger partial charge >= 0.3 is 0 Å². The van der Waals surface area contributed by atoms with E-state index in [9.17, 15) is 4.79 Å². The van der Waals surface area contributed by atoms with E-state index in [2.05, 4.69) is 52.8 Å². The molecule has 4 rings (SSSR count). The summed E-state index contributed by atoms with van der Waals surface area (Å²) in [6, 6.07) is 14.6. The van der Waals surface area contributed by atoms with E-state index in [4.69, 9.17) is 11.6 Å². The summed E-state index contributed by atoms with van der Waals surface area (Å²) < 4.78 is 0. The maximum absolute atomic E-state index is 13.1. The zero-order chi connectivity index (χ0) is 21.1. The van der Waals surface area contributed by atoms with E-state index < -0.39 is 0 Å². The molecule has 2 heterocycles. The summed E-state index contributed by atoms with van der Waals surface area (Å²) in [5, 5.41) is 0.789. The van der Waals surface area contributed by atoms with Crippen molar-refractivity contribution in [3.8, 4) is 0 Å². The number of nitrogens with zero attached hydrogens (tertiary/aromatic N) is 3. The van der Waals surface area contributed by atoms with Crippen molar-refractivity contribution in [2.45, 2.75) is 33.2 Å². The number of carbonyl (C=O) groups excluding carboxylic acids is 1. The van der Waals surface area contributed by atoms with Crippen LogP contribution in [0.4, 0.5) is 5.69 Å². The number of rotatable bonds is 4. The topological polar surface area (TPSA) is 26.8 Å². The number of carbonyl (C=O) groups is 1. The van der Waals surface area contributed by atoms with Crippen molar-refractivity contribution in [1.82, 2.24) is 9.80 Å². The van der Waals surface area contributed by atoms with Gasteiger partial charge in [-0.2, -0.15) is 0 Å². The average Bonchev–Trinajstić information content (AvgIpc) is 2.76. The van der Waals surface area contributed by atoms with Gasteiger partial charge in [0, 0.05) is 49.4 Å². The molecular formula is C25H32ClN3O. The summed E-state index contributed by atoms with van der Waals surface area (Å²) in [4.78, 5) is 20.1. The fraction of sp³-hybridized carbons (Fsp3) is 0.480. The molecule has 1 amide bonds. The maximum atomic E-state index is 13.1.